The molecule has 2 aromatic carbocycles. The van der Waals surface area contributed by atoms with E-state index in [2.05, 4.69) is 27.6 Å². The molecule has 0 spiro atoms. The van der Waals surface area contributed by atoms with Crippen molar-refractivity contribution in [2.24, 2.45) is 0 Å². The van der Waals surface area contributed by atoms with E-state index in [0.29, 0.717) is 60.0 Å². The molecule has 274 valence electrons. The van der Waals surface area contributed by atoms with E-state index in [-0.39, 0.29) is 17.9 Å². The maximum absolute atomic E-state index is 13.0. The maximum atomic E-state index is 13.0. The number of benzene rings is 2. The second-order valence-corrected chi connectivity index (χ2v) is 13.7. The minimum atomic E-state index is -0.275. The minimum Gasteiger partial charge on any atom is -0.497 e. The molecule has 7 rings (SSSR count). The molecule has 2 fully saturated rings. The van der Waals surface area contributed by atoms with Crippen molar-refractivity contribution in [3.63, 3.8) is 0 Å². The van der Waals surface area contributed by atoms with Crippen LogP contribution < -0.4 is 25.0 Å². The van der Waals surface area contributed by atoms with Crippen molar-refractivity contribution in [3.05, 3.63) is 102 Å². The zero-order valence-electron chi connectivity index (χ0n) is 30.5. The quantitative estimate of drug-likeness (QED) is 0.139. The molecule has 3 aromatic heterocycles. The van der Waals surface area contributed by atoms with E-state index in [1.807, 2.05) is 77.1 Å². The van der Waals surface area contributed by atoms with Crippen molar-refractivity contribution in [1.29, 1.82) is 0 Å². The van der Waals surface area contributed by atoms with E-state index in [9.17, 15) is 9.59 Å². The highest BCUT2D eigenvalue weighted by Gasteiger charge is 2.28. The smallest absolute Gasteiger partial charge is 0.256 e. The van der Waals surface area contributed by atoms with E-state index in [1.54, 1.807) is 49.8 Å². The third kappa shape index (κ3) is 8.58. The van der Waals surface area contributed by atoms with Crippen LogP contribution in [0, 0.1) is 0 Å². The molecule has 0 bridgehead atoms. The van der Waals surface area contributed by atoms with Crippen LogP contribution in [-0.4, -0.2) is 101 Å². The number of fused-ring (bicyclic) bond motifs is 1. The Balaban J connectivity index is 1.09. The molecular weight excluding hydrogens is 670 g/mol. The summed E-state index contributed by atoms with van der Waals surface area (Å²) >= 11 is 0. The summed E-state index contributed by atoms with van der Waals surface area (Å²) in [5.41, 5.74) is 3.08. The standard InChI is InChI=1S/C40H45N9O4/c1-46(2)31-17-20-41-35(24-31)44-40(51)28-9-15-33(16-10-28)53-34-18-21-42-39-37(34)38(45-49(39)25-27-7-13-32(52-4)14-8-27)43-29-19-23-48(26-29)36(50)6-5-22-47(3)30-11-12-30/h5-10,13-18,20-21,24,29-30H,11-12,19,22-23,25-26H2,1-4H3,(H,43,45)(H,41,44,51)/t29-/m1/s1. The number of amides is 2. The van der Waals surface area contributed by atoms with Gasteiger partial charge in [-0.15, -0.1) is 0 Å². The number of likely N-dealkylation sites (tertiary alicyclic amines) is 1. The summed E-state index contributed by atoms with van der Waals surface area (Å²) in [5.74, 6) is 2.73. The molecule has 5 aromatic rings. The number of hydrogen-bond donors (Lipinski definition) is 2. The van der Waals surface area contributed by atoms with Crippen LogP contribution in [-0.2, 0) is 11.3 Å². The van der Waals surface area contributed by atoms with Crippen LogP contribution in [0.15, 0.2) is 91.3 Å². The highest BCUT2D eigenvalue weighted by Crippen LogP contribution is 2.35. The first kappa shape index (κ1) is 35.5. The summed E-state index contributed by atoms with van der Waals surface area (Å²) in [5, 5.41) is 12.2. The van der Waals surface area contributed by atoms with Gasteiger partial charge in [-0.05, 0) is 74.3 Å². The van der Waals surface area contributed by atoms with Gasteiger partial charge in [0.05, 0.1) is 13.7 Å². The average molecular weight is 716 g/mol. The molecule has 2 aliphatic rings. The van der Waals surface area contributed by atoms with Gasteiger partial charge in [-0.2, -0.15) is 5.10 Å². The molecule has 1 saturated heterocycles. The molecule has 1 atom stereocenters. The molecule has 2 N–H and O–H groups in total. The second-order valence-electron chi connectivity index (χ2n) is 13.7. The van der Waals surface area contributed by atoms with Gasteiger partial charge in [0.15, 0.2) is 11.5 Å². The van der Waals surface area contributed by atoms with E-state index in [0.717, 1.165) is 35.4 Å². The highest BCUT2D eigenvalue weighted by molar-refractivity contribution is 6.04. The minimum absolute atomic E-state index is 0.00668. The van der Waals surface area contributed by atoms with Crippen LogP contribution in [0.25, 0.3) is 11.0 Å². The topological polar surface area (TPSA) is 130 Å². The summed E-state index contributed by atoms with van der Waals surface area (Å²) in [6.07, 6.45) is 10.3. The van der Waals surface area contributed by atoms with Gasteiger partial charge in [-0.3, -0.25) is 14.5 Å². The number of anilines is 3. The predicted octanol–water partition coefficient (Wildman–Crippen LogP) is 5.66. The van der Waals surface area contributed by atoms with E-state index >= 15 is 0 Å². The Morgan fingerprint density at radius 1 is 0.943 bits per heavy atom. The van der Waals surface area contributed by atoms with Gasteiger partial charge >= 0.3 is 0 Å². The van der Waals surface area contributed by atoms with Gasteiger partial charge in [-0.1, -0.05) is 18.2 Å². The van der Waals surface area contributed by atoms with Gasteiger partial charge in [-0.25, -0.2) is 14.6 Å². The number of methoxy groups -OCH3 is 1. The molecule has 4 heterocycles. The van der Waals surface area contributed by atoms with Crippen LogP contribution in [0.3, 0.4) is 0 Å². The van der Waals surface area contributed by atoms with E-state index in [1.165, 1.54) is 12.8 Å². The van der Waals surface area contributed by atoms with Crippen LogP contribution in [0.5, 0.6) is 17.2 Å². The van der Waals surface area contributed by atoms with Gasteiger partial charge in [0, 0.05) is 87.7 Å². The normalized spacial score (nSPS) is 15.6. The fourth-order valence-corrected chi connectivity index (χ4v) is 6.39. The van der Waals surface area contributed by atoms with E-state index < -0.39 is 0 Å². The van der Waals surface area contributed by atoms with E-state index in [4.69, 9.17) is 19.6 Å². The molecule has 2 amide bonds. The first-order chi connectivity index (χ1) is 25.7. The fraction of sp³-hybridized carbons (Fsp3) is 0.325. The lowest BCUT2D eigenvalue weighted by atomic mass is 10.2. The second kappa shape index (κ2) is 15.7. The highest BCUT2D eigenvalue weighted by atomic mass is 16.5. The lowest BCUT2D eigenvalue weighted by Gasteiger charge is -2.16. The summed E-state index contributed by atoms with van der Waals surface area (Å²) in [6, 6.07) is 21.0. The summed E-state index contributed by atoms with van der Waals surface area (Å²) in [4.78, 5) is 41.2. The maximum Gasteiger partial charge on any atom is 0.256 e. The van der Waals surface area contributed by atoms with Gasteiger partial charge in [0.25, 0.3) is 5.91 Å². The number of pyridine rings is 2. The van der Waals surface area contributed by atoms with Crippen molar-refractivity contribution in [2.75, 3.05) is 63.4 Å². The van der Waals surface area contributed by atoms with Crippen molar-refractivity contribution in [3.8, 4) is 17.2 Å². The molecule has 13 heteroatoms. The number of nitrogens with zero attached hydrogens (tertiary/aromatic N) is 7. The van der Waals surface area contributed by atoms with Crippen molar-refractivity contribution in [2.45, 2.75) is 37.9 Å². The molecule has 53 heavy (non-hydrogen) atoms. The fourth-order valence-electron chi connectivity index (χ4n) is 6.39. The van der Waals surface area contributed by atoms with Gasteiger partial charge < -0.3 is 29.9 Å². The number of likely N-dealkylation sites (N-methyl/N-ethyl adjacent to an activating group) is 1. The SMILES string of the molecule is COc1ccc(Cn2nc(N[C@@H]3CCN(C(=O)C=CCN(C)C4CC4)C3)c3c(Oc4ccc(C(=O)Nc5cc(N(C)C)ccn5)cc4)ccnc32)cc1. The van der Waals surface area contributed by atoms with Crippen molar-refractivity contribution in [1.82, 2.24) is 29.5 Å². The number of carbonyl (C=O) groups is 2. The Labute approximate surface area is 309 Å². The Bertz CT molecular complexity index is 2090. The Hall–Kier alpha value is -5.95. The molecule has 13 nitrogen and oxygen atoms in total. The Morgan fingerprint density at radius 2 is 1.70 bits per heavy atom. The third-order valence-electron chi connectivity index (χ3n) is 9.60. The number of nitrogens with one attached hydrogen (secondary N) is 2. The summed E-state index contributed by atoms with van der Waals surface area (Å²) in [6.45, 7) is 2.47. The van der Waals surface area contributed by atoms with Crippen LogP contribution in [0.1, 0.15) is 35.2 Å². The third-order valence-corrected chi connectivity index (χ3v) is 9.60. The molecule has 0 radical (unpaired) electrons. The lowest BCUT2D eigenvalue weighted by molar-refractivity contribution is -0.125. The molecule has 1 aliphatic carbocycles. The van der Waals surface area contributed by atoms with Crippen LogP contribution in [0.2, 0.25) is 0 Å². The lowest BCUT2D eigenvalue weighted by Crippen LogP contribution is -2.30. The molecule has 0 unspecified atom stereocenters. The molecular formula is C40H45N9O4. The number of hydrogen-bond acceptors (Lipinski definition) is 10. The largest absolute Gasteiger partial charge is 0.497 e. The van der Waals surface area contributed by atoms with Gasteiger partial charge in [0.1, 0.15) is 28.5 Å². The zero-order valence-corrected chi connectivity index (χ0v) is 30.5. The predicted molar refractivity (Wildman–Crippen MR) is 206 cm³/mol. The van der Waals surface area contributed by atoms with Gasteiger partial charge in [0.2, 0.25) is 5.91 Å². The first-order valence-electron chi connectivity index (χ1n) is 17.9. The number of rotatable bonds is 14. The van der Waals surface area contributed by atoms with Crippen molar-refractivity contribution < 1.29 is 19.1 Å². The monoisotopic (exact) mass is 715 g/mol. The Kier molecular flexibility index (Phi) is 10.5. The summed E-state index contributed by atoms with van der Waals surface area (Å²) in [7, 11) is 7.61. The number of carbonyl (C=O) groups excluding carboxylic acids is 2. The first-order valence-corrected chi connectivity index (χ1v) is 17.9. The Morgan fingerprint density at radius 3 is 2.43 bits per heavy atom. The average Bonchev–Trinajstić information content (AvgIpc) is 3.83. The zero-order chi connectivity index (χ0) is 36.9. The molecule has 1 aliphatic heterocycles. The number of aromatic nitrogens is 4. The number of ether oxygens (including phenoxy) is 2. The van der Waals surface area contributed by atoms with Crippen LogP contribution in [0.4, 0.5) is 17.3 Å². The van der Waals surface area contributed by atoms with Crippen molar-refractivity contribution >= 4 is 40.2 Å². The summed E-state index contributed by atoms with van der Waals surface area (Å²) < 4.78 is 13.7. The van der Waals surface area contributed by atoms with Crippen LogP contribution >= 0.6 is 0 Å². The molecule has 1 saturated carbocycles.